The molecule has 0 aliphatic carbocycles. The van der Waals surface area contributed by atoms with Gasteiger partial charge in [0.2, 0.25) is 10.8 Å². The van der Waals surface area contributed by atoms with E-state index in [9.17, 15) is 5.11 Å². The minimum Gasteiger partial charge on any atom is -0.492 e. The molecule has 1 aromatic carbocycles. The summed E-state index contributed by atoms with van der Waals surface area (Å²) in [6, 6.07) is 5.54. The summed E-state index contributed by atoms with van der Waals surface area (Å²) in [5.41, 5.74) is 1.00. The Bertz CT molecular complexity index is 948. The van der Waals surface area contributed by atoms with Gasteiger partial charge in [0.05, 0.1) is 21.0 Å². The molecular weight excluding hydrogens is 393 g/mol. The van der Waals surface area contributed by atoms with Crippen molar-refractivity contribution in [3.63, 3.8) is 0 Å². The monoisotopic (exact) mass is 411 g/mol. The Balaban J connectivity index is 1.82. The lowest BCUT2D eigenvalue weighted by Gasteiger charge is -2.37. The molecule has 26 heavy (non-hydrogen) atoms. The number of hydrogen-bond acceptors (Lipinski definition) is 6. The molecule has 3 aromatic rings. The van der Waals surface area contributed by atoms with E-state index in [-0.39, 0.29) is 11.9 Å². The van der Waals surface area contributed by atoms with E-state index in [2.05, 4.69) is 26.9 Å². The number of likely N-dealkylation sites (N-methyl/N-ethyl adjacent to an activating group) is 1. The summed E-state index contributed by atoms with van der Waals surface area (Å²) < 4.78 is 1.51. The highest BCUT2D eigenvalue weighted by molar-refractivity contribution is 7.17. The molecule has 2 aromatic heterocycles. The van der Waals surface area contributed by atoms with Crippen LogP contribution in [0.2, 0.25) is 10.0 Å². The van der Waals surface area contributed by atoms with E-state index in [1.807, 2.05) is 19.1 Å². The van der Waals surface area contributed by atoms with Gasteiger partial charge in [-0.3, -0.25) is 4.90 Å². The zero-order chi connectivity index (χ0) is 18.4. The van der Waals surface area contributed by atoms with E-state index in [1.54, 1.807) is 6.07 Å². The van der Waals surface area contributed by atoms with Crippen molar-refractivity contribution < 1.29 is 5.11 Å². The number of aryl methyl sites for hydroxylation is 1. The van der Waals surface area contributed by atoms with Gasteiger partial charge in [-0.25, -0.2) is 4.98 Å². The first kappa shape index (κ1) is 18.0. The first-order valence-electron chi connectivity index (χ1n) is 8.36. The number of fused-ring (bicyclic) bond motifs is 1. The van der Waals surface area contributed by atoms with Gasteiger partial charge in [0.1, 0.15) is 5.82 Å². The lowest BCUT2D eigenvalue weighted by atomic mass is 10.0. The minimum atomic E-state index is -0.118. The fourth-order valence-corrected chi connectivity index (χ4v) is 4.79. The van der Waals surface area contributed by atoms with Crippen molar-refractivity contribution in [2.75, 3.05) is 33.2 Å². The molecule has 0 radical (unpaired) electrons. The second-order valence-corrected chi connectivity index (χ2v) is 8.38. The van der Waals surface area contributed by atoms with Crippen molar-refractivity contribution in [2.24, 2.45) is 0 Å². The molecule has 0 saturated carbocycles. The molecule has 0 unspecified atom stereocenters. The lowest BCUT2D eigenvalue weighted by Crippen LogP contribution is -2.46. The van der Waals surface area contributed by atoms with Gasteiger partial charge >= 0.3 is 0 Å². The number of halogens is 2. The largest absolute Gasteiger partial charge is 0.492 e. The number of rotatable bonds is 3. The van der Waals surface area contributed by atoms with Crippen LogP contribution >= 0.6 is 34.5 Å². The van der Waals surface area contributed by atoms with E-state index in [1.165, 1.54) is 15.9 Å². The summed E-state index contributed by atoms with van der Waals surface area (Å²) in [6.45, 7) is 5.55. The maximum absolute atomic E-state index is 10.8. The van der Waals surface area contributed by atoms with Crippen molar-refractivity contribution in [2.45, 2.75) is 13.0 Å². The molecule has 1 aliphatic rings. The molecule has 1 N–H and O–H groups in total. The fraction of sp³-hybridized carbons (Fsp3) is 0.412. The van der Waals surface area contributed by atoms with Crippen LogP contribution in [0.5, 0.6) is 5.88 Å². The Morgan fingerprint density at radius 2 is 1.88 bits per heavy atom. The number of aromatic hydroxyl groups is 1. The van der Waals surface area contributed by atoms with E-state index in [0.717, 1.165) is 36.6 Å². The molecule has 1 fully saturated rings. The second kappa shape index (κ2) is 6.98. The number of piperazine rings is 1. The van der Waals surface area contributed by atoms with E-state index < -0.39 is 0 Å². The van der Waals surface area contributed by atoms with Crippen molar-refractivity contribution in [3.8, 4) is 5.88 Å². The summed E-state index contributed by atoms with van der Waals surface area (Å²) >= 11 is 13.8. The fourth-order valence-electron chi connectivity index (χ4n) is 3.32. The molecule has 1 atom stereocenters. The third kappa shape index (κ3) is 3.18. The predicted molar refractivity (Wildman–Crippen MR) is 105 cm³/mol. The van der Waals surface area contributed by atoms with Crippen LogP contribution in [0.25, 0.3) is 4.96 Å². The van der Waals surface area contributed by atoms with Gasteiger partial charge in [-0.2, -0.15) is 4.52 Å². The Kier molecular flexibility index (Phi) is 4.83. The van der Waals surface area contributed by atoms with Gasteiger partial charge in [0, 0.05) is 26.2 Å². The van der Waals surface area contributed by atoms with Crippen LogP contribution in [0.3, 0.4) is 0 Å². The number of thiazole rings is 1. The summed E-state index contributed by atoms with van der Waals surface area (Å²) in [5.74, 6) is 0.782. The van der Waals surface area contributed by atoms with Crippen molar-refractivity contribution in [3.05, 3.63) is 44.5 Å². The summed E-state index contributed by atoms with van der Waals surface area (Å²) in [6.07, 6.45) is 0. The molecule has 1 aliphatic heterocycles. The number of aromatic nitrogens is 3. The zero-order valence-corrected chi connectivity index (χ0v) is 16.8. The standard InChI is InChI=1S/C17H19Cl2N5OS/c1-10-20-17-24(21-10)16(25)15(26-17)14(23-7-5-22(2)6-8-23)11-3-4-12(18)13(19)9-11/h3-4,9,14,25H,5-8H2,1-2H3/t14-/m0/s1. The van der Waals surface area contributed by atoms with Crippen molar-refractivity contribution in [1.29, 1.82) is 0 Å². The van der Waals surface area contributed by atoms with Crippen LogP contribution in [0.1, 0.15) is 22.3 Å². The first-order chi connectivity index (χ1) is 12.4. The number of benzene rings is 1. The summed E-state index contributed by atoms with van der Waals surface area (Å²) in [5, 5.41) is 16.1. The summed E-state index contributed by atoms with van der Waals surface area (Å²) in [4.78, 5) is 10.6. The summed E-state index contributed by atoms with van der Waals surface area (Å²) in [7, 11) is 2.12. The average Bonchev–Trinajstić information content (AvgIpc) is 3.11. The van der Waals surface area contributed by atoms with Gasteiger partial charge in [-0.05, 0) is 31.7 Å². The molecule has 0 bridgehead atoms. The van der Waals surface area contributed by atoms with Gasteiger partial charge in [0.15, 0.2) is 0 Å². The Morgan fingerprint density at radius 1 is 1.15 bits per heavy atom. The van der Waals surface area contributed by atoms with Crippen molar-refractivity contribution >= 4 is 39.5 Å². The molecule has 1 saturated heterocycles. The lowest BCUT2D eigenvalue weighted by molar-refractivity contribution is 0.127. The molecule has 0 amide bonds. The Hall–Kier alpha value is -1.38. The number of nitrogens with zero attached hydrogens (tertiary/aromatic N) is 5. The quantitative estimate of drug-likeness (QED) is 0.714. The maximum atomic E-state index is 10.8. The smallest absolute Gasteiger partial charge is 0.230 e. The van der Waals surface area contributed by atoms with Crippen LogP contribution < -0.4 is 0 Å². The van der Waals surface area contributed by atoms with Crippen molar-refractivity contribution in [1.82, 2.24) is 24.4 Å². The highest BCUT2D eigenvalue weighted by Gasteiger charge is 2.31. The second-order valence-electron chi connectivity index (χ2n) is 6.56. The third-order valence-electron chi connectivity index (χ3n) is 4.72. The van der Waals surface area contributed by atoms with Gasteiger partial charge in [-0.1, -0.05) is 40.6 Å². The number of hydrogen-bond donors (Lipinski definition) is 1. The molecule has 9 heteroatoms. The normalized spacial score (nSPS) is 17.8. The topological polar surface area (TPSA) is 56.9 Å². The van der Waals surface area contributed by atoms with Crippen LogP contribution in [0.4, 0.5) is 0 Å². The first-order valence-corrected chi connectivity index (χ1v) is 9.94. The predicted octanol–water partition coefficient (Wildman–Crippen LogP) is 3.45. The SMILES string of the molecule is Cc1nc2sc([C@H](c3ccc(Cl)c(Cl)c3)N3CCN(C)CC3)c(O)n2n1. The molecular formula is C17H19Cl2N5OS. The maximum Gasteiger partial charge on any atom is 0.230 e. The minimum absolute atomic E-state index is 0.118. The highest BCUT2D eigenvalue weighted by Crippen LogP contribution is 2.41. The van der Waals surface area contributed by atoms with Gasteiger partial charge < -0.3 is 10.0 Å². The Labute approximate surface area is 165 Å². The molecule has 6 nitrogen and oxygen atoms in total. The van der Waals surface area contributed by atoms with E-state index >= 15 is 0 Å². The average molecular weight is 412 g/mol. The zero-order valence-electron chi connectivity index (χ0n) is 14.5. The van der Waals surface area contributed by atoms with Crippen LogP contribution in [0.15, 0.2) is 18.2 Å². The van der Waals surface area contributed by atoms with Crippen LogP contribution in [-0.2, 0) is 0 Å². The van der Waals surface area contributed by atoms with E-state index in [0.29, 0.717) is 20.8 Å². The molecule has 4 rings (SSSR count). The van der Waals surface area contributed by atoms with Crippen LogP contribution in [0, 0.1) is 6.92 Å². The van der Waals surface area contributed by atoms with Gasteiger partial charge in [-0.15, -0.1) is 5.10 Å². The third-order valence-corrected chi connectivity index (χ3v) is 6.53. The molecule has 3 heterocycles. The molecule has 0 spiro atoms. The van der Waals surface area contributed by atoms with Crippen LogP contribution in [-0.4, -0.2) is 62.7 Å². The van der Waals surface area contributed by atoms with Gasteiger partial charge in [0.25, 0.3) is 0 Å². The van der Waals surface area contributed by atoms with E-state index in [4.69, 9.17) is 23.2 Å². The Morgan fingerprint density at radius 3 is 2.54 bits per heavy atom. The molecule has 138 valence electrons. The highest BCUT2D eigenvalue weighted by atomic mass is 35.5.